The monoisotopic (exact) mass is 362 g/mol. The van der Waals surface area contributed by atoms with Crippen molar-refractivity contribution in [2.45, 2.75) is 96.8 Å². The molecule has 0 aromatic carbocycles. The molecule has 0 amide bonds. The van der Waals surface area contributed by atoms with Gasteiger partial charge in [-0.15, -0.1) is 0 Å². The van der Waals surface area contributed by atoms with Crippen LogP contribution in [0.15, 0.2) is 12.2 Å². The molecule has 0 aliphatic heterocycles. The molecule has 0 aromatic rings. The molecule has 0 fully saturated rings. The average molecular weight is 361 g/mol. The van der Waals surface area contributed by atoms with Crippen molar-refractivity contribution in [2.24, 2.45) is 0 Å². The van der Waals surface area contributed by atoms with Gasteiger partial charge in [0.05, 0.1) is 0 Å². The summed E-state index contributed by atoms with van der Waals surface area (Å²) in [6.45, 7) is 2.26. The Bertz CT molecular complexity index is 239. The van der Waals surface area contributed by atoms with Crippen LogP contribution >= 0.6 is 0 Å². The van der Waals surface area contributed by atoms with Crippen LogP contribution in [-0.4, -0.2) is 28.1 Å². The number of hydrogen-bond donors (Lipinski definition) is 1. The molecule has 0 aliphatic rings. The van der Waals surface area contributed by atoms with Crippen LogP contribution in [0, 0.1) is 0 Å². The molecule has 0 aromatic heterocycles. The molecule has 0 heterocycles. The molecule has 0 unspecified atom stereocenters. The first-order valence-corrected chi connectivity index (χ1v) is 8.64. The average Bonchev–Trinajstić information content (AvgIpc) is 2.43. The standard InChI is InChI=1S/C18H34O2.Se/c1-2-3-4-5-6-7-8-9-10-11-12-13-14-15-16-17-18(19)20;/h9-10H,2-8,11-17H2,1H3,(H,19,20);/b10-9-;. The summed E-state index contributed by atoms with van der Waals surface area (Å²) in [5.74, 6) is -0.664. The van der Waals surface area contributed by atoms with Gasteiger partial charge in [0.2, 0.25) is 0 Å². The number of carboxylic acid groups (broad SMARTS) is 1. The zero-order valence-electron chi connectivity index (χ0n) is 13.8. The van der Waals surface area contributed by atoms with E-state index in [1.807, 2.05) is 0 Å². The van der Waals surface area contributed by atoms with Gasteiger partial charge in [0.25, 0.3) is 0 Å². The van der Waals surface area contributed by atoms with E-state index in [2.05, 4.69) is 19.1 Å². The number of rotatable bonds is 15. The van der Waals surface area contributed by atoms with Gasteiger partial charge in [-0.05, 0) is 32.1 Å². The molecule has 0 saturated heterocycles. The summed E-state index contributed by atoms with van der Waals surface area (Å²) in [5.41, 5.74) is 0. The normalized spacial score (nSPS) is 10.7. The van der Waals surface area contributed by atoms with Gasteiger partial charge < -0.3 is 5.11 Å². The summed E-state index contributed by atoms with van der Waals surface area (Å²) in [7, 11) is 0. The minimum Gasteiger partial charge on any atom is -0.481 e. The van der Waals surface area contributed by atoms with Gasteiger partial charge in [0.1, 0.15) is 0 Å². The number of allylic oxidation sites excluding steroid dienone is 2. The van der Waals surface area contributed by atoms with Crippen LogP contribution in [0.1, 0.15) is 96.8 Å². The first-order chi connectivity index (χ1) is 9.77. The Kier molecular flexibility index (Phi) is 21.6. The SMILES string of the molecule is CCCCCCCC/C=C\CCCCCCCC(=O)O.[Se]. The molecule has 21 heavy (non-hydrogen) atoms. The van der Waals surface area contributed by atoms with E-state index in [0.717, 1.165) is 12.8 Å². The summed E-state index contributed by atoms with van der Waals surface area (Å²) >= 11 is 0. The summed E-state index contributed by atoms with van der Waals surface area (Å²) in [6, 6.07) is 0. The number of unbranched alkanes of at least 4 members (excludes halogenated alkanes) is 11. The molecule has 124 valence electrons. The number of hydrogen-bond acceptors (Lipinski definition) is 1. The van der Waals surface area contributed by atoms with Gasteiger partial charge in [-0.25, -0.2) is 0 Å². The molecule has 0 aliphatic carbocycles. The molecule has 1 N–H and O–H groups in total. The van der Waals surface area contributed by atoms with Crippen molar-refractivity contribution < 1.29 is 9.90 Å². The minimum atomic E-state index is -0.664. The molecule has 2 nitrogen and oxygen atoms in total. The molecule has 0 saturated carbocycles. The van der Waals surface area contributed by atoms with Crippen molar-refractivity contribution in [2.75, 3.05) is 0 Å². The van der Waals surface area contributed by atoms with Crippen LogP contribution in [0.5, 0.6) is 0 Å². The van der Waals surface area contributed by atoms with Crippen molar-refractivity contribution in [3.8, 4) is 0 Å². The first kappa shape index (κ1) is 23.0. The predicted octanol–water partition coefficient (Wildman–Crippen LogP) is 5.73. The summed E-state index contributed by atoms with van der Waals surface area (Å²) in [4.78, 5) is 10.3. The van der Waals surface area contributed by atoms with E-state index in [1.165, 1.54) is 70.6 Å². The Balaban J connectivity index is 0. The molecule has 0 bridgehead atoms. The quantitative estimate of drug-likeness (QED) is 0.230. The third kappa shape index (κ3) is 22.2. The van der Waals surface area contributed by atoms with E-state index in [-0.39, 0.29) is 17.1 Å². The largest absolute Gasteiger partial charge is 0.481 e. The van der Waals surface area contributed by atoms with Crippen molar-refractivity contribution in [1.29, 1.82) is 0 Å². The van der Waals surface area contributed by atoms with Gasteiger partial charge in [0.15, 0.2) is 0 Å². The van der Waals surface area contributed by atoms with E-state index in [9.17, 15) is 4.79 Å². The van der Waals surface area contributed by atoms with Crippen molar-refractivity contribution in [3.63, 3.8) is 0 Å². The van der Waals surface area contributed by atoms with E-state index in [0.29, 0.717) is 6.42 Å². The second-order valence-electron chi connectivity index (χ2n) is 5.73. The van der Waals surface area contributed by atoms with Crippen molar-refractivity contribution in [1.82, 2.24) is 0 Å². The molecule has 0 rings (SSSR count). The fourth-order valence-corrected chi connectivity index (χ4v) is 2.35. The summed E-state index contributed by atoms with van der Waals surface area (Å²) in [6.07, 6.45) is 21.2. The fraction of sp³-hybridized carbons (Fsp3) is 0.833. The van der Waals surface area contributed by atoms with E-state index < -0.39 is 5.97 Å². The Morgan fingerprint density at radius 1 is 0.762 bits per heavy atom. The number of carboxylic acids is 1. The van der Waals surface area contributed by atoms with Crippen LogP contribution in [0.2, 0.25) is 0 Å². The van der Waals surface area contributed by atoms with Crippen molar-refractivity contribution in [3.05, 3.63) is 12.2 Å². The van der Waals surface area contributed by atoms with Crippen molar-refractivity contribution >= 4 is 23.0 Å². The Morgan fingerprint density at radius 3 is 1.67 bits per heavy atom. The van der Waals surface area contributed by atoms with Gasteiger partial charge >= 0.3 is 5.97 Å². The fourth-order valence-electron chi connectivity index (χ4n) is 2.35. The van der Waals surface area contributed by atoms with Gasteiger partial charge in [-0.1, -0.05) is 70.4 Å². The van der Waals surface area contributed by atoms with Crippen LogP contribution in [0.3, 0.4) is 0 Å². The molecule has 0 spiro atoms. The zero-order chi connectivity index (χ0) is 14.9. The van der Waals surface area contributed by atoms with E-state index >= 15 is 0 Å². The minimum absolute atomic E-state index is 0. The van der Waals surface area contributed by atoms with Crippen LogP contribution in [0.25, 0.3) is 0 Å². The predicted molar refractivity (Wildman–Crippen MR) is 92.8 cm³/mol. The molecular formula is C18H34O2Se. The Hall–Kier alpha value is -0.271. The van der Waals surface area contributed by atoms with E-state index in [1.54, 1.807) is 0 Å². The van der Waals surface area contributed by atoms with Crippen LogP contribution in [0.4, 0.5) is 0 Å². The maximum absolute atomic E-state index is 10.3. The number of carbonyl (C=O) groups is 1. The second-order valence-corrected chi connectivity index (χ2v) is 5.73. The van der Waals surface area contributed by atoms with E-state index in [4.69, 9.17) is 5.11 Å². The molecule has 2 radical (unpaired) electrons. The summed E-state index contributed by atoms with van der Waals surface area (Å²) in [5, 5.41) is 8.51. The third-order valence-corrected chi connectivity index (χ3v) is 3.65. The molecule has 0 atom stereocenters. The third-order valence-electron chi connectivity index (χ3n) is 3.65. The Morgan fingerprint density at radius 2 is 1.19 bits per heavy atom. The zero-order valence-corrected chi connectivity index (χ0v) is 15.5. The first-order valence-electron chi connectivity index (χ1n) is 8.64. The molecular weight excluding hydrogens is 327 g/mol. The summed E-state index contributed by atoms with van der Waals surface area (Å²) < 4.78 is 0. The maximum Gasteiger partial charge on any atom is 0.303 e. The second kappa shape index (κ2) is 19.7. The number of aliphatic carboxylic acids is 1. The maximum atomic E-state index is 10.3. The van der Waals surface area contributed by atoms with Gasteiger partial charge in [-0.2, -0.15) is 0 Å². The topological polar surface area (TPSA) is 37.3 Å². The van der Waals surface area contributed by atoms with Gasteiger partial charge in [-0.3, -0.25) is 4.79 Å². The van der Waals surface area contributed by atoms with Crippen LogP contribution in [-0.2, 0) is 4.79 Å². The Labute approximate surface area is 142 Å². The molecule has 3 heteroatoms. The van der Waals surface area contributed by atoms with Gasteiger partial charge in [0, 0.05) is 23.5 Å². The van der Waals surface area contributed by atoms with Crippen LogP contribution < -0.4 is 0 Å². The smallest absolute Gasteiger partial charge is 0.303 e.